The highest BCUT2D eigenvalue weighted by Crippen LogP contribution is 2.12. The maximum atomic E-state index is 12.4. The van der Waals surface area contributed by atoms with E-state index in [0.29, 0.717) is 43.0 Å². The average molecular weight is 299 g/mol. The lowest BCUT2D eigenvalue weighted by Gasteiger charge is -2.34. The van der Waals surface area contributed by atoms with Crippen LogP contribution in [0.4, 0.5) is 5.69 Å². The van der Waals surface area contributed by atoms with Gasteiger partial charge < -0.3 is 15.5 Å². The molecule has 0 spiro atoms. The van der Waals surface area contributed by atoms with Gasteiger partial charge in [0.1, 0.15) is 0 Å². The largest absolute Gasteiger partial charge is 0.399 e. The molecule has 114 valence electrons. The predicted octanol–water partition coefficient (Wildman–Crippen LogP) is 0.590. The van der Waals surface area contributed by atoms with Crippen molar-refractivity contribution in [2.45, 2.75) is 0 Å². The van der Waals surface area contributed by atoms with Crippen molar-refractivity contribution >= 4 is 17.5 Å². The average Bonchev–Trinajstić information content (AvgIpc) is 3.09. The van der Waals surface area contributed by atoms with Crippen molar-refractivity contribution in [1.82, 2.24) is 20.0 Å². The molecule has 7 heteroatoms. The number of aromatic nitrogens is 2. The Morgan fingerprint density at radius 3 is 2.00 bits per heavy atom. The molecule has 1 aliphatic rings. The zero-order chi connectivity index (χ0) is 15.5. The number of carbonyl (C=O) groups excluding carboxylic acids is 2. The van der Waals surface area contributed by atoms with Crippen molar-refractivity contribution < 1.29 is 9.59 Å². The third-order valence-corrected chi connectivity index (χ3v) is 3.76. The summed E-state index contributed by atoms with van der Waals surface area (Å²) in [6.07, 6.45) is 3.09. The van der Waals surface area contributed by atoms with E-state index in [1.165, 1.54) is 6.20 Å². The normalized spacial score (nSPS) is 14.9. The van der Waals surface area contributed by atoms with E-state index in [0.717, 1.165) is 0 Å². The number of hydrogen-bond donors (Lipinski definition) is 2. The molecule has 2 aromatic rings. The van der Waals surface area contributed by atoms with Gasteiger partial charge >= 0.3 is 0 Å². The van der Waals surface area contributed by atoms with E-state index in [-0.39, 0.29) is 11.8 Å². The highest BCUT2D eigenvalue weighted by Gasteiger charge is 2.25. The Morgan fingerprint density at radius 1 is 0.955 bits per heavy atom. The summed E-state index contributed by atoms with van der Waals surface area (Å²) in [4.78, 5) is 28.1. The fourth-order valence-corrected chi connectivity index (χ4v) is 2.47. The van der Waals surface area contributed by atoms with Crippen molar-refractivity contribution in [2.75, 3.05) is 31.9 Å². The number of nitrogens with two attached hydrogens (primary N) is 1. The maximum absolute atomic E-state index is 12.4. The molecular formula is C15H17N5O2. The predicted molar refractivity (Wildman–Crippen MR) is 81.2 cm³/mol. The van der Waals surface area contributed by atoms with E-state index < -0.39 is 0 Å². The lowest BCUT2D eigenvalue weighted by atomic mass is 10.1. The molecule has 1 aromatic carbocycles. The van der Waals surface area contributed by atoms with Gasteiger partial charge in [0.15, 0.2) is 0 Å². The van der Waals surface area contributed by atoms with Gasteiger partial charge in [0.05, 0.1) is 11.8 Å². The van der Waals surface area contributed by atoms with Crippen molar-refractivity contribution in [3.05, 3.63) is 47.8 Å². The molecule has 0 aliphatic carbocycles. The molecule has 3 N–H and O–H groups in total. The number of rotatable bonds is 2. The lowest BCUT2D eigenvalue weighted by molar-refractivity contribution is 0.0535. The topological polar surface area (TPSA) is 95.3 Å². The van der Waals surface area contributed by atoms with Gasteiger partial charge in [0.2, 0.25) is 0 Å². The Hall–Kier alpha value is -2.83. The van der Waals surface area contributed by atoms with Gasteiger partial charge in [-0.3, -0.25) is 14.7 Å². The number of carbonyl (C=O) groups is 2. The molecule has 0 saturated carbocycles. The minimum absolute atomic E-state index is 0.0320. The van der Waals surface area contributed by atoms with Crippen molar-refractivity contribution in [3.63, 3.8) is 0 Å². The molecule has 0 bridgehead atoms. The first-order valence-electron chi connectivity index (χ1n) is 7.08. The Labute approximate surface area is 127 Å². The molecule has 3 rings (SSSR count). The number of nitrogens with one attached hydrogen (secondary N) is 1. The van der Waals surface area contributed by atoms with E-state index in [9.17, 15) is 9.59 Å². The molecule has 22 heavy (non-hydrogen) atoms. The van der Waals surface area contributed by atoms with Crippen LogP contribution in [0.2, 0.25) is 0 Å². The van der Waals surface area contributed by atoms with Gasteiger partial charge in [-0.25, -0.2) is 0 Å². The van der Waals surface area contributed by atoms with Gasteiger partial charge in [0.25, 0.3) is 11.8 Å². The van der Waals surface area contributed by atoms with E-state index in [4.69, 9.17) is 5.73 Å². The number of nitrogen functional groups attached to an aromatic ring is 1. The fourth-order valence-electron chi connectivity index (χ4n) is 2.47. The van der Waals surface area contributed by atoms with Gasteiger partial charge in [0, 0.05) is 43.6 Å². The minimum atomic E-state index is -0.0617. The molecule has 0 unspecified atom stereocenters. The van der Waals surface area contributed by atoms with Crippen LogP contribution in [0.1, 0.15) is 20.7 Å². The Kier molecular flexibility index (Phi) is 3.78. The highest BCUT2D eigenvalue weighted by atomic mass is 16.2. The van der Waals surface area contributed by atoms with E-state index in [2.05, 4.69) is 10.2 Å². The third-order valence-electron chi connectivity index (χ3n) is 3.76. The molecule has 1 fully saturated rings. The summed E-state index contributed by atoms with van der Waals surface area (Å²) >= 11 is 0. The number of piperazine rings is 1. The quantitative estimate of drug-likeness (QED) is 0.793. The number of hydrogen-bond acceptors (Lipinski definition) is 4. The smallest absolute Gasteiger partial charge is 0.257 e. The Balaban J connectivity index is 1.60. The molecular weight excluding hydrogens is 282 g/mol. The van der Waals surface area contributed by atoms with Gasteiger partial charge in [-0.15, -0.1) is 0 Å². The van der Waals surface area contributed by atoms with Gasteiger partial charge in [-0.1, -0.05) is 0 Å². The van der Waals surface area contributed by atoms with E-state index >= 15 is 0 Å². The zero-order valence-corrected chi connectivity index (χ0v) is 12.0. The second kappa shape index (κ2) is 5.88. The maximum Gasteiger partial charge on any atom is 0.257 e. The van der Waals surface area contributed by atoms with Crippen LogP contribution in [0.25, 0.3) is 0 Å². The number of anilines is 1. The number of benzene rings is 1. The second-order valence-electron chi connectivity index (χ2n) is 5.19. The standard InChI is InChI=1S/C15H17N5O2/c16-13-3-1-11(2-4-13)14(21)19-5-7-20(8-6-19)15(22)12-9-17-18-10-12/h1-4,9-10H,5-8,16H2,(H,17,18). The van der Waals surface area contributed by atoms with E-state index in [1.54, 1.807) is 40.3 Å². The number of amides is 2. The summed E-state index contributed by atoms with van der Waals surface area (Å²) in [5.41, 5.74) is 7.41. The van der Waals surface area contributed by atoms with Gasteiger partial charge in [-0.05, 0) is 24.3 Å². The molecule has 1 aliphatic heterocycles. The van der Waals surface area contributed by atoms with Crippen molar-refractivity contribution in [1.29, 1.82) is 0 Å². The molecule has 7 nitrogen and oxygen atoms in total. The number of aromatic amines is 1. The first kappa shape index (κ1) is 14.1. The fraction of sp³-hybridized carbons (Fsp3) is 0.267. The molecule has 2 amide bonds. The second-order valence-corrected chi connectivity index (χ2v) is 5.19. The lowest BCUT2D eigenvalue weighted by Crippen LogP contribution is -2.50. The molecule has 1 aromatic heterocycles. The van der Waals surface area contributed by atoms with Crippen LogP contribution in [-0.2, 0) is 0 Å². The SMILES string of the molecule is Nc1ccc(C(=O)N2CCN(C(=O)c3cn[nH]c3)CC2)cc1. The third kappa shape index (κ3) is 2.78. The Bertz CT molecular complexity index is 658. The zero-order valence-electron chi connectivity index (χ0n) is 12.0. The van der Waals surface area contributed by atoms with E-state index in [1.807, 2.05) is 0 Å². The summed E-state index contributed by atoms with van der Waals surface area (Å²) in [5.74, 6) is -0.0938. The summed E-state index contributed by atoms with van der Waals surface area (Å²) in [6, 6.07) is 6.87. The number of H-pyrrole nitrogens is 1. The molecule has 2 heterocycles. The van der Waals surface area contributed by atoms with Crippen molar-refractivity contribution in [3.8, 4) is 0 Å². The van der Waals surface area contributed by atoms with Crippen LogP contribution in [0.3, 0.4) is 0 Å². The Morgan fingerprint density at radius 2 is 1.50 bits per heavy atom. The van der Waals surface area contributed by atoms with Crippen molar-refractivity contribution in [2.24, 2.45) is 0 Å². The number of nitrogens with zero attached hydrogens (tertiary/aromatic N) is 3. The van der Waals surface area contributed by atoms with Crippen LogP contribution in [0, 0.1) is 0 Å². The summed E-state index contributed by atoms with van der Waals surface area (Å²) in [5, 5.41) is 6.41. The van der Waals surface area contributed by atoms with Crippen LogP contribution in [-0.4, -0.2) is 58.0 Å². The van der Waals surface area contributed by atoms with Crippen LogP contribution in [0.15, 0.2) is 36.7 Å². The van der Waals surface area contributed by atoms with Crippen LogP contribution in [0.5, 0.6) is 0 Å². The monoisotopic (exact) mass is 299 g/mol. The molecule has 0 atom stereocenters. The summed E-state index contributed by atoms with van der Waals surface area (Å²) < 4.78 is 0. The highest BCUT2D eigenvalue weighted by molar-refractivity contribution is 5.95. The minimum Gasteiger partial charge on any atom is -0.399 e. The first-order valence-corrected chi connectivity index (χ1v) is 7.08. The molecule has 1 saturated heterocycles. The summed E-state index contributed by atoms with van der Waals surface area (Å²) in [6.45, 7) is 2.08. The van der Waals surface area contributed by atoms with Gasteiger partial charge in [-0.2, -0.15) is 5.10 Å². The molecule has 0 radical (unpaired) electrons. The van der Waals surface area contributed by atoms with Crippen LogP contribution >= 0.6 is 0 Å². The summed E-state index contributed by atoms with van der Waals surface area (Å²) in [7, 11) is 0. The van der Waals surface area contributed by atoms with Crippen LogP contribution < -0.4 is 5.73 Å². The first-order chi connectivity index (χ1) is 10.6.